The highest BCUT2D eigenvalue weighted by molar-refractivity contribution is 6.46. The van der Waals surface area contributed by atoms with Crippen molar-refractivity contribution in [2.75, 3.05) is 0 Å². The van der Waals surface area contributed by atoms with E-state index in [1.54, 1.807) is 43.6 Å². The third-order valence-electron chi connectivity index (χ3n) is 5.27. The number of rotatable bonds is 4. The molecule has 1 aliphatic rings. The summed E-state index contributed by atoms with van der Waals surface area (Å²) in [5.74, 6) is -2.72. The van der Waals surface area contributed by atoms with E-state index in [4.69, 9.17) is 0 Å². The SMILES string of the molecule is Cc1ccc(C(O)=C2C(=O)C(=O)N(Cc3ccncc3)[C@H]2c2cccc(O)c2)cc1F. The summed E-state index contributed by atoms with van der Waals surface area (Å²) in [6, 6.07) is 12.7. The summed E-state index contributed by atoms with van der Waals surface area (Å²) in [7, 11) is 0. The first-order valence-electron chi connectivity index (χ1n) is 9.59. The number of likely N-dealkylation sites (tertiary alicyclic amines) is 1. The van der Waals surface area contributed by atoms with Gasteiger partial charge in [0.25, 0.3) is 11.7 Å². The molecule has 2 heterocycles. The highest BCUT2D eigenvalue weighted by atomic mass is 19.1. The zero-order valence-corrected chi connectivity index (χ0v) is 16.6. The molecule has 0 unspecified atom stereocenters. The molecular formula is C24H19FN2O4. The number of nitrogens with zero attached hydrogens (tertiary/aromatic N) is 2. The number of aryl methyl sites for hydroxylation is 1. The number of halogens is 1. The Morgan fingerprint density at radius 2 is 1.84 bits per heavy atom. The monoisotopic (exact) mass is 418 g/mol. The molecule has 1 aromatic heterocycles. The predicted octanol–water partition coefficient (Wildman–Crippen LogP) is 3.86. The maximum absolute atomic E-state index is 14.1. The molecule has 1 aliphatic heterocycles. The first-order chi connectivity index (χ1) is 14.9. The molecule has 1 amide bonds. The molecule has 7 heteroatoms. The summed E-state index contributed by atoms with van der Waals surface area (Å²) in [5, 5.41) is 20.9. The number of amides is 1. The molecule has 2 aromatic carbocycles. The van der Waals surface area contributed by atoms with Gasteiger partial charge in [0.1, 0.15) is 17.3 Å². The Kier molecular flexibility index (Phi) is 5.25. The average Bonchev–Trinajstić information content (AvgIpc) is 3.01. The van der Waals surface area contributed by atoms with Crippen molar-refractivity contribution in [3.63, 3.8) is 0 Å². The molecular weight excluding hydrogens is 399 g/mol. The molecule has 2 N–H and O–H groups in total. The number of pyridine rings is 1. The van der Waals surface area contributed by atoms with Gasteiger partial charge in [0.2, 0.25) is 0 Å². The lowest BCUT2D eigenvalue weighted by Gasteiger charge is -2.25. The number of phenolic OH excluding ortho intramolecular Hbond substituents is 1. The van der Waals surface area contributed by atoms with Crippen LogP contribution in [0.4, 0.5) is 4.39 Å². The van der Waals surface area contributed by atoms with E-state index >= 15 is 0 Å². The number of phenols is 1. The van der Waals surface area contributed by atoms with Crippen LogP contribution in [0.1, 0.15) is 28.3 Å². The lowest BCUT2D eigenvalue weighted by atomic mass is 9.94. The van der Waals surface area contributed by atoms with Crippen LogP contribution in [0.3, 0.4) is 0 Å². The molecule has 0 aliphatic carbocycles. The van der Waals surface area contributed by atoms with Crippen LogP contribution in [-0.4, -0.2) is 31.8 Å². The average molecular weight is 418 g/mol. The largest absolute Gasteiger partial charge is 0.508 e. The van der Waals surface area contributed by atoms with Gasteiger partial charge in [0, 0.05) is 24.5 Å². The minimum absolute atomic E-state index is 0.0478. The maximum atomic E-state index is 14.1. The number of aromatic nitrogens is 1. The minimum atomic E-state index is -0.954. The summed E-state index contributed by atoms with van der Waals surface area (Å²) < 4.78 is 14.1. The zero-order valence-electron chi connectivity index (χ0n) is 16.6. The van der Waals surface area contributed by atoms with Crippen LogP contribution in [-0.2, 0) is 16.1 Å². The fraction of sp³-hybridized carbons (Fsp3) is 0.125. The molecule has 156 valence electrons. The van der Waals surface area contributed by atoms with Crippen LogP contribution in [0.15, 0.2) is 72.6 Å². The molecule has 0 spiro atoms. The van der Waals surface area contributed by atoms with Crippen molar-refractivity contribution in [3.05, 3.63) is 101 Å². The molecule has 4 rings (SSSR count). The zero-order chi connectivity index (χ0) is 22.1. The van der Waals surface area contributed by atoms with Gasteiger partial charge in [-0.2, -0.15) is 0 Å². The second-order valence-corrected chi connectivity index (χ2v) is 7.34. The van der Waals surface area contributed by atoms with E-state index < -0.39 is 29.3 Å². The molecule has 6 nitrogen and oxygen atoms in total. The molecule has 0 saturated carbocycles. The van der Waals surface area contributed by atoms with Crippen LogP contribution in [0.25, 0.3) is 5.76 Å². The van der Waals surface area contributed by atoms with Gasteiger partial charge in [-0.1, -0.05) is 24.3 Å². The third-order valence-corrected chi connectivity index (χ3v) is 5.27. The molecule has 1 atom stereocenters. The molecule has 0 bridgehead atoms. The van der Waals surface area contributed by atoms with Gasteiger partial charge in [0.05, 0.1) is 11.6 Å². The van der Waals surface area contributed by atoms with Crippen LogP contribution < -0.4 is 0 Å². The summed E-state index contributed by atoms with van der Waals surface area (Å²) in [5.41, 5.74) is 1.51. The van der Waals surface area contributed by atoms with Gasteiger partial charge < -0.3 is 15.1 Å². The molecule has 1 saturated heterocycles. The predicted molar refractivity (Wildman–Crippen MR) is 111 cm³/mol. The topological polar surface area (TPSA) is 90.7 Å². The van der Waals surface area contributed by atoms with E-state index in [0.29, 0.717) is 11.1 Å². The van der Waals surface area contributed by atoms with Crippen LogP contribution in [0.5, 0.6) is 5.75 Å². The fourth-order valence-electron chi connectivity index (χ4n) is 3.67. The van der Waals surface area contributed by atoms with Crippen LogP contribution >= 0.6 is 0 Å². The number of hydrogen-bond donors (Lipinski definition) is 2. The number of Topliss-reactive ketones (excluding diaryl/α,β-unsaturated/α-hetero) is 1. The Balaban J connectivity index is 1.88. The highest BCUT2D eigenvalue weighted by Crippen LogP contribution is 2.41. The smallest absolute Gasteiger partial charge is 0.295 e. The van der Waals surface area contributed by atoms with Crippen molar-refractivity contribution in [1.82, 2.24) is 9.88 Å². The summed E-state index contributed by atoms with van der Waals surface area (Å²) in [6.07, 6.45) is 3.15. The Hall–Kier alpha value is -4.00. The first-order valence-corrected chi connectivity index (χ1v) is 9.59. The van der Waals surface area contributed by atoms with E-state index in [0.717, 1.165) is 11.6 Å². The quantitative estimate of drug-likeness (QED) is 0.382. The molecule has 3 aromatic rings. The number of carbonyl (C=O) groups is 2. The van der Waals surface area contributed by atoms with Crippen molar-refractivity contribution in [3.8, 4) is 5.75 Å². The normalized spacial score (nSPS) is 17.9. The van der Waals surface area contributed by atoms with Gasteiger partial charge in [-0.3, -0.25) is 14.6 Å². The Bertz CT molecular complexity index is 1210. The number of ketones is 1. The highest BCUT2D eigenvalue weighted by Gasteiger charge is 2.46. The molecule has 1 fully saturated rings. The van der Waals surface area contributed by atoms with Crippen molar-refractivity contribution in [2.45, 2.75) is 19.5 Å². The number of aliphatic hydroxyl groups excluding tert-OH is 1. The Labute approximate surface area is 177 Å². The van der Waals surface area contributed by atoms with Gasteiger partial charge in [-0.05, 0) is 53.9 Å². The molecule has 0 radical (unpaired) electrons. The number of hydrogen-bond acceptors (Lipinski definition) is 5. The third kappa shape index (κ3) is 3.77. The fourth-order valence-corrected chi connectivity index (χ4v) is 3.67. The van der Waals surface area contributed by atoms with Gasteiger partial charge >= 0.3 is 0 Å². The summed E-state index contributed by atoms with van der Waals surface area (Å²) >= 11 is 0. The lowest BCUT2D eigenvalue weighted by Crippen LogP contribution is -2.29. The van der Waals surface area contributed by atoms with Crippen molar-refractivity contribution < 1.29 is 24.2 Å². The number of aliphatic hydroxyl groups is 1. The molecule has 31 heavy (non-hydrogen) atoms. The lowest BCUT2D eigenvalue weighted by molar-refractivity contribution is -0.140. The van der Waals surface area contributed by atoms with E-state index in [1.165, 1.54) is 29.2 Å². The number of aromatic hydroxyl groups is 1. The minimum Gasteiger partial charge on any atom is -0.508 e. The Morgan fingerprint density at radius 3 is 2.52 bits per heavy atom. The number of benzene rings is 2. The second kappa shape index (κ2) is 8.02. The van der Waals surface area contributed by atoms with E-state index in [1.807, 2.05) is 0 Å². The van der Waals surface area contributed by atoms with Crippen LogP contribution in [0.2, 0.25) is 0 Å². The van der Waals surface area contributed by atoms with Crippen LogP contribution in [0, 0.1) is 12.7 Å². The van der Waals surface area contributed by atoms with E-state index in [-0.39, 0.29) is 23.4 Å². The second-order valence-electron chi connectivity index (χ2n) is 7.34. The van der Waals surface area contributed by atoms with Crippen molar-refractivity contribution in [1.29, 1.82) is 0 Å². The van der Waals surface area contributed by atoms with Crippen molar-refractivity contribution in [2.24, 2.45) is 0 Å². The van der Waals surface area contributed by atoms with E-state index in [2.05, 4.69) is 4.98 Å². The standard InChI is InChI=1S/C24H19FN2O4/c1-14-5-6-17(12-19(14)25)22(29)20-21(16-3-2-4-18(28)11-16)27(24(31)23(20)30)13-15-7-9-26-10-8-15/h2-12,21,28-29H,13H2,1H3/t21-/m0/s1. The van der Waals surface area contributed by atoms with E-state index in [9.17, 15) is 24.2 Å². The first kappa shape index (κ1) is 20.3. The van der Waals surface area contributed by atoms with Crippen molar-refractivity contribution >= 4 is 17.4 Å². The number of carbonyl (C=O) groups excluding carboxylic acids is 2. The summed E-state index contributed by atoms with van der Waals surface area (Å²) in [4.78, 5) is 31.2. The van der Waals surface area contributed by atoms with Gasteiger partial charge in [-0.15, -0.1) is 0 Å². The summed E-state index contributed by atoms with van der Waals surface area (Å²) in [6.45, 7) is 1.67. The van der Waals surface area contributed by atoms with Gasteiger partial charge in [-0.25, -0.2) is 4.39 Å². The van der Waals surface area contributed by atoms with Gasteiger partial charge in [0.15, 0.2) is 0 Å². The maximum Gasteiger partial charge on any atom is 0.295 e. The Morgan fingerprint density at radius 1 is 1.10 bits per heavy atom.